The van der Waals surface area contributed by atoms with E-state index >= 15 is 0 Å². The van der Waals surface area contributed by atoms with E-state index in [9.17, 15) is 4.79 Å². The van der Waals surface area contributed by atoms with Crippen LogP contribution in [-0.2, 0) is 16.1 Å². The third kappa shape index (κ3) is 5.91. The fourth-order valence-electron chi connectivity index (χ4n) is 5.13. The minimum Gasteiger partial charge on any atom is -0.379 e. The van der Waals surface area contributed by atoms with Crippen LogP contribution in [0.5, 0.6) is 0 Å². The number of ether oxygens (including phenoxy) is 1. The Kier molecular flexibility index (Phi) is 7.45. The average Bonchev–Trinajstić information content (AvgIpc) is 3.46. The van der Waals surface area contributed by atoms with Gasteiger partial charge in [0.05, 0.1) is 24.4 Å². The number of hydrogen-bond donors (Lipinski definition) is 3. The van der Waals surface area contributed by atoms with Gasteiger partial charge in [0, 0.05) is 44.3 Å². The van der Waals surface area contributed by atoms with E-state index in [2.05, 4.69) is 24.5 Å². The number of morpholine rings is 1. The molecule has 4 N–H and O–H groups in total. The summed E-state index contributed by atoms with van der Waals surface area (Å²) in [5.41, 5.74) is 8.15. The molecular weight excluding hydrogens is 464 g/mol. The smallest absolute Gasteiger partial charge is 0.230 e. The van der Waals surface area contributed by atoms with Crippen molar-refractivity contribution in [2.45, 2.75) is 64.1 Å². The minimum absolute atomic E-state index is 0.278. The zero-order chi connectivity index (χ0) is 24.2. The number of primary amides is 1. The van der Waals surface area contributed by atoms with Crippen LogP contribution in [0.3, 0.4) is 0 Å². The van der Waals surface area contributed by atoms with Crippen molar-refractivity contribution in [3.8, 4) is 0 Å². The highest BCUT2D eigenvalue weighted by atomic mass is 32.1. The lowest BCUT2D eigenvalue weighted by Crippen LogP contribution is -2.46. The van der Waals surface area contributed by atoms with Gasteiger partial charge in [0.15, 0.2) is 5.82 Å². The molecule has 1 aliphatic heterocycles. The number of nitrogens with zero attached hydrogens (tertiary/aromatic N) is 5. The van der Waals surface area contributed by atoms with E-state index in [1.807, 2.05) is 25.3 Å². The van der Waals surface area contributed by atoms with Crippen LogP contribution in [0, 0.1) is 6.92 Å². The van der Waals surface area contributed by atoms with Crippen molar-refractivity contribution in [2.75, 3.05) is 36.9 Å². The largest absolute Gasteiger partial charge is 0.379 e. The zero-order valence-electron chi connectivity index (χ0n) is 20.2. The van der Waals surface area contributed by atoms with Crippen LogP contribution in [-0.4, -0.2) is 68.1 Å². The van der Waals surface area contributed by atoms with Crippen molar-refractivity contribution in [1.82, 2.24) is 23.8 Å². The Morgan fingerprint density at radius 3 is 2.74 bits per heavy atom. The molecule has 35 heavy (non-hydrogen) atoms. The number of fused-ring (bicyclic) bond motifs is 1. The van der Waals surface area contributed by atoms with Gasteiger partial charge in [-0.25, -0.2) is 4.98 Å². The van der Waals surface area contributed by atoms with Gasteiger partial charge in [0.25, 0.3) is 0 Å². The quantitative estimate of drug-likeness (QED) is 0.411. The Hall–Kier alpha value is -2.76. The van der Waals surface area contributed by atoms with Crippen molar-refractivity contribution in [3.05, 3.63) is 24.0 Å². The molecule has 4 heterocycles. The summed E-state index contributed by atoms with van der Waals surface area (Å²) in [5, 5.41) is 7.98. The van der Waals surface area contributed by atoms with Crippen molar-refractivity contribution < 1.29 is 9.53 Å². The monoisotopic (exact) mass is 498 g/mol. The maximum absolute atomic E-state index is 11.2. The van der Waals surface area contributed by atoms with Gasteiger partial charge in [0.2, 0.25) is 11.9 Å². The third-order valence-corrected chi connectivity index (χ3v) is 7.69. The SMILES string of the molecule is Cc1cc(Nc2nc(NC3CCC(N4CCOCC4)CC3)c3c(ccn3CCCC(N)=O)n2)sn1. The Bertz CT molecular complexity index is 1150. The van der Waals surface area contributed by atoms with Gasteiger partial charge in [-0.05, 0) is 62.7 Å². The topological polar surface area (TPSA) is 123 Å². The lowest BCUT2D eigenvalue weighted by atomic mass is 9.90. The Labute approximate surface area is 209 Å². The number of carbonyl (C=O) groups is 1. The first-order valence-corrected chi connectivity index (χ1v) is 13.3. The predicted molar refractivity (Wildman–Crippen MR) is 138 cm³/mol. The first-order chi connectivity index (χ1) is 17.0. The molecule has 0 spiro atoms. The van der Waals surface area contributed by atoms with E-state index in [-0.39, 0.29) is 5.91 Å². The van der Waals surface area contributed by atoms with Crippen LogP contribution >= 0.6 is 11.5 Å². The molecule has 1 saturated carbocycles. The van der Waals surface area contributed by atoms with E-state index in [0.717, 1.165) is 66.7 Å². The van der Waals surface area contributed by atoms with Crippen molar-refractivity contribution in [1.29, 1.82) is 0 Å². The number of carbonyl (C=O) groups excluding carboxylic acids is 1. The van der Waals surface area contributed by atoms with Crippen LogP contribution in [0.1, 0.15) is 44.2 Å². The molecule has 188 valence electrons. The number of aryl methyl sites for hydroxylation is 2. The van der Waals surface area contributed by atoms with E-state index in [1.54, 1.807) is 0 Å². The first-order valence-electron chi connectivity index (χ1n) is 12.5. The van der Waals surface area contributed by atoms with Gasteiger partial charge in [-0.1, -0.05) is 0 Å². The second-order valence-corrected chi connectivity index (χ2v) is 10.3. The normalized spacial score (nSPS) is 21.3. The summed E-state index contributed by atoms with van der Waals surface area (Å²) in [6, 6.07) is 5.00. The Morgan fingerprint density at radius 2 is 2.03 bits per heavy atom. The number of anilines is 3. The predicted octanol–water partition coefficient (Wildman–Crippen LogP) is 3.26. The van der Waals surface area contributed by atoms with Crippen LogP contribution in [0.15, 0.2) is 18.3 Å². The highest BCUT2D eigenvalue weighted by Gasteiger charge is 2.28. The van der Waals surface area contributed by atoms with Gasteiger partial charge in [-0.15, -0.1) is 0 Å². The first kappa shape index (κ1) is 24.0. The summed E-state index contributed by atoms with van der Waals surface area (Å²) < 4.78 is 12.0. The molecule has 1 aliphatic carbocycles. The lowest BCUT2D eigenvalue weighted by molar-refractivity contribution is -0.118. The summed E-state index contributed by atoms with van der Waals surface area (Å²) >= 11 is 1.40. The fraction of sp³-hybridized carbons (Fsp3) is 0.583. The molecule has 11 heteroatoms. The van der Waals surface area contributed by atoms with E-state index in [1.165, 1.54) is 24.4 Å². The number of nitrogens with two attached hydrogens (primary N) is 1. The summed E-state index contributed by atoms with van der Waals surface area (Å²) in [5.74, 6) is 1.11. The van der Waals surface area contributed by atoms with Crippen LogP contribution in [0.25, 0.3) is 11.0 Å². The molecule has 2 aliphatic rings. The molecular formula is C24H34N8O2S. The van der Waals surface area contributed by atoms with Crippen molar-refractivity contribution in [3.63, 3.8) is 0 Å². The summed E-state index contributed by atoms with van der Waals surface area (Å²) in [7, 11) is 0. The van der Waals surface area contributed by atoms with Gasteiger partial charge in [-0.3, -0.25) is 9.69 Å². The Morgan fingerprint density at radius 1 is 1.23 bits per heavy atom. The second kappa shape index (κ2) is 10.9. The highest BCUT2D eigenvalue weighted by molar-refractivity contribution is 7.10. The van der Waals surface area contributed by atoms with E-state index < -0.39 is 0 Å². The van der Waals surface area contributed by atoms with E-state index in [0.29, 0.717) is 37.4 Å². The summed E-state index contributed by atoms with van der Waals surface area (Å²) in [6.45, 7) is 6.44. The molecule has 2 fully saturated rings. The second-order valence-electron chi connectivity index (χ2n) is 9.46. The molecule has 1 saturated heterocycles. The third-order valence-electron chi connectivity index (χ3n) is 6.90. The number of nitrogens with one attached hydrogen (secondary N) is 2. The van der Waals surface area contributed by atoms with E-state index in [4.69, 9.17) is 20.4 Å². The minimum atomic E-state index is -0.278. The van der Waals surface area contributed by atoms with Crippen LogP contribution in [0.2, 0.25) is 0 Å². The molecule has 3 aromatic rings. The molecule has 5 rings (SSSR count). The summed E-state index contributed by atoms with van der Waals surface area (Å²) in [6.07, 6.45) is 7.62. The number of hydrogen-bond acceptors (Lipinski definition) is 9. The van der Waals surface area contributed by atoms with Crippen molar-refractivity contribution >= 4 is 45.2 Å². The van der Waals surface area contributed by atoms with Gasteiger partial charge in [0.1, 0.15) is 10.5 Å². The van der Waals surface area contributed by atoms with Gasteiger partial charge < -0.3 is 25.7 Å². The molecule has 1 amide bonds. The van der Waals surface area contributed by atoms with Gasteiger partial charge >= 0.3 is 0 Å². The maximum atomic E-state index is 11.2. The number of amides is 1. The maximum Gasteiger partial charge on any atom is 0.230 e. The summed E-state index contributed by atoms with van der Waals surface area (Å²) in [4.78, 5) is 23.5. The molecule has 10 nitrogen and oxygen atoms in total. The van der Waals surface area contributed by atoms with Crippen LogP contribution < -0.4 is 16.4 Å². The molecule has 0 aromatic carbocycles. The molecule has 0 atom stereocenters. The van der Waals surface area contributed by atoms with Crippen LogP contribution in [0.4, 0.5) is 16.8 Å². The van der Waals surface area contributed by atoms with Crippen molar-refractivity contribution in [2.24, 2.45) is 5.73 Å². The Balaban J connectivity index is 1.34. The lowest BCUT2D eigenvalue weighted by Gasteiger charge is -2.39. The zero-order valence-corrected chi connectivity index (χ0v) is 21.0. The highest BCUT2D eigenvalue weighted by Crippen LogP contribution is 2.30. The molecule has 0 radical (unpaired) electrons. The fourth-order valence-corrected chi connectivity index (χ4v) is 5.78. The number of aromatic nitrogens is 4. The standard InChI is InChI=1S/C24H34N8O2S/c1-16-15-21(35-30-16)28-24-27-19-8-10-32(9-2-3-20(25)33)22(19)23(29-24)26-17-4-6-18(7-5-17)31-11-13-34-14-12-31/h8,10,15,17-18H,2-7,9,11-14H2,1H3,(H2,25,33)(H2,26,27,28,29). The average molecular weight is 499 g/mol. The van der Waals surface area contributed by atoms with Gasteiger partial charge in [-0.2, -0.15) is 9.36 Å². The molecule has 3 aromatic heterocycles. The number of rotatable bonds is 9. The molecule has 0 unspecified atom stereocenters. The molecule has 0 bridgehead atoms.